The number of para-hydroxylation sites is 1. The summed E-state index contributed by atoms with van der Waals surface area (Å²) in [6, 6.07) is 18.1. The zero-order chi connectivity index (χ0) is 14.7. The van der Waals surface area contributed by atoms with Crippen LogP contribution in [-0.4, -0.2) is 18.1 Å². The zero-order valence-electron chi connectivity index (χ0n) is 11.7. The lowest BCUT2D eigenvalue weighted by Gasteiger charge is -2.00. The van der Waals surface area contributed by atoms with E-state index in [-0.39, 0.29) is 5.97 Å². The molecule has 3 heteroatoms. The number of esters is 1. The minimum Gasteiger partial charge on any atom is -0.466 e. The van der Waals surface area contributed by atoms with Crippen molar-refractivity contribution in [2.45, 2.75) is 0 Å². The molecule has 0 unspecified atom stereocenters. The van der Waals surface area contributed by atoms with Crippen LogP contribution in [0.1, 0.15) is 5.56 Å². The van der Waals surface area contributed by atoms with Crippen LogP contribution in [0.25, 0.3) is 28.2 Å². The van der Waals surface area contributed by atoms with Crippen molar-refractivity contribution in [2.24, 2.45) is 0 Å². The van der Waals surface area contributed by atoms with Crippen LogP contribution in [0.15, 0.2) is 60.7 Å². The van der Waals surface area contributed by atoms with Gasteiger partial charge in [0, 0.05) is 22.5 Å². The fraction of sp³-hybridized carbons (Fsp3) is 0.0556. The van der Waals surface area contributed by atoms with E-state index >= 15 is 0 Å². The van der Waals surface area contributed by atoms with Gasteiger partial charge in [-0.3, -0.25) is 0 Å². The quantitative estimate of drug-likeness (QED) is 0.580. The highest BCUT2D eigenvalue weighted by Crippen LogP contribution is 2.31. The van der Waals surface area contributed by atoms with E-state index in [2.05, 4.69) is 9.72 Å². The maximum Gasteiger partial charge on any atom is 0.330 e. The number of aromatic nitrogens is 1. The molecule has 3 rings (SSSR count). The van der Waals surface area contributed by atoms with Gasteiger partial charge in [0.2, 0.25) is 0 Å². The average molecular weight is 277 g/mol. The number of carbonyl (C=O) groups is 1. The first-order valence-electron chi connectivity index (χ1n) is 6.72. The first kappa shape index (κ1) is 13.2. The maximum absolute atomic E-state index is 11.4. The third-order valence-electron chi connectivity index (χ3n) is 3.40. The lowest BCUT2D eigenvalue weighted by Crippen LogP contribution is -1.93. The van der Waals surface area contributed by atoms with Crippen LogP contribution in [0.3, 0.4) is 0 Å². The third kappa shape index (κ3) is 2.58. The topological polar surface area (TPSA) is 42.1 Å². The third-order valence-corrected chi connectivity index (χ3v) is 3.40. The molecule has 1 N–H and O–H groups in total. The van der Waals surface area contributed by atoms with Gasteiger partial charge in [-0.2, -0.15) is 0 Å². The highest BCUT2D eigenvalue weighted by atomic mass is 16.5. The number of methoxy groups -OCH3 is 1. The van der Waals surface area contributed by atoms with E-state index in [1.165, 1.54) is 13.2 Å². The second-order valence-electron chi connectivity index (χ2n) is 4.68. The van der Waals surface area contributed by atoms with Gasteiger partial charge in [-0.15, -0.1) is 0 Å². The second-order valence-corrected chi connectivity index (χ2v) is 4.68. The van der Waals surface area contributed by atoms with Gasteiger partial charge in [-0.1, -0.05) is 48.5 Å². The molecule has 0 spiro atoms. The molecule has 0 aliphatic rings. The van der Waals surface area contributed by atoms with Crippen LogP contribution in [0.2, 0.25) is 0 Å². The number of nitrogens with one attached hydrogen (secondary N) is 1. The first-order chi connectivity index (χ1) is 10.3. The molecule has 0 fully saturated rings. The zero-order valence-corrected chi connectivity index (χ0v) is 11.7. The van der Waals surface area contributed by atoms with Gasteiger partial charge in [0.25, 0.3) is 0 Å². The Balaban J connectivity index is 2.19. The van der Waals surface area contributed by atoms with Crippen molar-refractivity contribution in [2.75, 3.05) is 7.11 Å². The van der Waals surface area contributed by atoms with E-state index in [1.54, 1.807) is 6.08 Å². The molecule has 2 aromatic carbocycles. The Morgan fingerprint density at radius 2 is 1.76 bits per heavy atom. The molecule has 0 aliphatic carbocycles. The van der Waals surface area contributed by atoms with Crippen molar-refractivity contribution < 1.29 is 9.53 Å². The predicted octanol–water partition coefficient (Wildman–Crippen LogP) is 4.02. The number of ether oxygens (including phenoxy) is 1. The number of H-pyrrole nitrogens is 1. The van der Waals surface area contributed by atoms with Crippen LogP contribution in [0, 0.1) is 0 Å². The molecule has 1 aromatic heterocycles. The molecule has 0 saturated heterocycles. The first-order valence-corrected chi connectivity index (χ1v) is 6.72. The standard InChI is InChI=1S/C18H15NO2/c1-21-17(20)12-11-15-14-9-5-6-10-16(14)19-18(15)13-7-3-2-4-8-13/h2-12,19H,1H3. The van der Waals surface area contributed by atoms with E-state index in [0.29, 0.717) is 0 Å². The SMILES string of the molecule is COC(=O)C=Cc1c(-c2ccccc2)[nH]c2ccccc12. The van der Waals surface area contributed by atoms with Gasteiger partial charge in [0.15, 0.2) is 0 Å². The van der Waals surface area contributed by atoms with Crippen molar-refractivity contribution in [1.29, 1.82) is 0 Å². The van der Waals surface area contributed by atoms with Crippen LogP contribution in [-0.2, 0) is 9.53 Å². The van der Waals surface area contributed by atoms with Crippen molar-refractivity contribution in [1.82, 2.24) is 4.98 Å². The minimum absolute atomic E-state index is 0.362. The van der Waals surface area contributed by atoms with Gasteiger partial charge >= 0.3 is 5.97 Å². The van der Waals surface area contributed by atoms with E-state index < -0.39 is 0 Å². The summed E-state index contributed by atoms with van der Waals surface area (Å²) >= 11 is 0. The van der Waals surface area contributed by atoms with E-state index in [4.69, 9.17) is 0 Å². The van der Waals surface area contributed by atoms with E-state index in [9.17, 15) is 4.79 Å². The van der Waals surface area contributed by atoms with Gasteiger partial charge < -0.3 is 9.72 Å². The monoisotopic (exact) mass is 277 g/mol. The summed E-state index contributed by atoms with van der Waals surface area (Å²) in [6.07, 6.45) is 3.25. The summed E-state index contributed by atoms with van der Waals surface area (Å²) in [5.41, 5.74) is 4.11. The average Bonchev–Trinajstić information content (AvgIpc) is 2.92. The van der Waals surface area contributed by atoms with Crippen LogP contribution < -0.4 is 0 Å². The number of hydrogen-bond acceptors (Lipinski definition) is 2. The molecule has 0 aliphatic heterocycles. The normalized spacial score (nSPS) is 11.1. The van der Waals surface area contributed by atoms with Gasteiger partial charge in [0.1, 0.15) is 0 Å². The molecule has 3 aromatic rings. The Kier molecular flexibility index (Phi) is 3.56. The van der Waals surface area contributed by atoms with E-state index in [1.807, 2.05) is 54.6 Å². The molecule has 0 saturated carbocycles. The molecular weight excluding hydrogens is 262 g/mol. The number of rotatable bonds is 3. The highest BCUT2D eigenvalue weighted by Gasteiger charge is 2.10. The minimum atomic E-state index is -0.362. The van der Waals surface area contributed by atoms with Crippen LogP contribution in [0.4, 0.5) is 0 Å². The Bertz CT molecular complexity index is 800. The molecule has 0 bridgehead atoms. The maximum atomic E-state index is 11.4. The fourth-order valence-corrected chi connectivity index (χ4v) is 2.39. The van der Waals surface area contributed by atoms with Crippen molar-refractivity contribution in [3.8, 4) is 11.3 Å². The highest BCUT2D eigenvalue weighted by molar-refractivity contribution is 5.99. The summed E-state index contributed by atoms with van der Waals surface area (Å²) in [7, 11) is 1.38. The number of hydrogen-bond donors (Lipinski definition) is 1. The number of benzene rings is 2. The van der Waals surface area contributed by atoms with Gasteiger partial charge in [-0.25, -0.2) is 4.79 Å². The summed E-state index contributed by atoms with van der Waals surface area (Å²) < 4.78 is 4.67. The number of carbonyl (C=O) groups excluding carboxylic acids is 1. The largest absolute Gasteiger partial charge is 0.466 e. The second kappa shape index (κ2) is 5.67. The summed E-state index contributed by atoms with van der Waals surface area (Å²) in [6.45, 7) is 0. The smallest absolute Gasteiger partial charge is 0.330 e. The van der Waals surface area contributed by atoms with Crippen molar-refractivity contribution >= 4 is 22.9 Å². The molecule has 21 heavy (non-hydrogen) atoms. The molecule has 1 heterocycles. The molecular formula is C18H15NO2. The van der Waals surface area contributed by atoms with Crippen LogP contribution in [0.5, 0.6) is 0 Å². The molecule has 0 amide bonds. The van der Waals surface area contributed by atoms with Gasteiger partial charge in [0.05, 0.1) is 12.8 Å². The lowest BCUT2D eigenvalue weighted by molar-refractivity contribution is -0.134. The van der Waals surface area contributed by atoms with E-state index in [0.717, 1.165) is 27.7 Å². The Hall–Kier alpha value is -2.81. The molecule has 104 valence electrons. The predicted molar refractivity (Wildman–Crippen MR) is 84.8 cm³/mol. The Morgan fingerprint density at radius 1 is 1.05 bits per heavy atom. The van der Waals surface area contributed by atoms with Crippen molar-refractivity contribution in [3.63, 3.8) is 0 Å². The van der Waals surface area contributed by atoms with Gasteiger partial charge in [-0.05, 0) is 17.7 Å². The lowest BCUT2D eigenvalue weighted by atomic mass is 10.0. The summed E-state index contributed by atoms with van der Waals surface area (Å²) in [5.74, 6) is -0.362. The number of aromatic amines is 1. The molecule has 0 atom stereocenters. The Labute approximate surface area is 122 Å². The molecule has 0 radical (unpaired) electrons. The summed E-state index contributed by atoms with van der Waals surface area (Å²) in [5, 5.41) is 1.08. The molecule has 3 nitrogen and oxygen atoms in total. The van der Waals surface area contributed by atoms with Crippen LogP contribution >= 0.6 is 0 Å². The van der Waals surface area contributed by atoms with Crippen molar-refractivity contribution in [3.05, 3.63) is 66.2 Å². The number of fused-ring (bicyclic) bond motifs is 1. The fourth-order valence-electron chi connectivity index (χ4n) is 2.39. The summed E-state index contributed by atoms with van der Waals surface area (Å²) in [4.78, 5) is 14.8. The Morgan fingerprint density at radius 3 is 2.52 bits per heavy atom.